The molecule has 0 aliphatic rings. The molecular formula is C23H22F2N6O. The molecule has 2 heterocycles. The zero-order valence-electron chi connectivity index (χ0n) is 17.6. The smallest absolute Gasteiger partial charge is 0.228 e. The van der Waals surface area contributed by atoms with E-state index < -0.39 is 17.5 Å². The largest absolute Gasteiger partial charge is 0.362 e. The van der Waals surface area contributed by atoms with Crippen LogP contribution in [0, 0.1) is 11.6 Å². The molecule has 0 spiro atoms. The highest BCUT2D eigenvalue weighted by Gasteiger charge is 2.13. The third-order valence-corrected chi connectivity index (χ3v) is 5.02. The van der Waals surface area contributed by atoms with Crippen LogP contribution in [0.3, 0.4) is 0 Å². The Hall–Kier alpha value is -3.88. The van der Waals surface area contributed by atoms with Crippen LogP contribution in [0.15, 0.2) is 54.9 Å². The summed E-state index contributed by atoms with van der Waals surface area (Å²) in [6.07, 6.45) is 3.23. The number of amides is 1. The molecule has 0 bridgehead atoms. The highest BCUT2D eigenvalue weighted by molar-refractivity contribution is 5.92. The van der Waals surface area contributed by atoms with Crippen LogP contribution in [0.25, 0.3) is 11.2 Å². The molecule has 0 fully saturated rings. The van der Waals surface area contributed by atoms with E-state index in [1.807, 2.05) is 38.2 Å². The van der Waals surface area contributed by atoms with E-state index in [4.69, 9.17) is 0 Å². The molecule has 0 radical (unpaired) electrons. The third-order valence-electron chi connectivity index (χ3n) is 5.02. The van der Waals surface area contributed by atoms with E-state index in [0.717, 1.165) is 23.7 Å². The number of rotatable bonds is 7. The van der Waals surface area contributed by atoms with Gasteiger partial charge in [-0.05, 0) is 37.6 Å². The van der Waals surface area contributed by atoms with E-state index in [1.54, 1.807) is 16.9 Å². The van der Waals surface area contributed by atoms with Crippen molar-refractivity contribution in [1.29, 1.82) is 0 Å². The molecule has 2 aromatic carbocycles. The normalized spacial score (nSPS) is 12.0. The number of aromatic nitrogens is 4. The predicted octanol–water partition coefficient (Wildman–Crippen LogP) is 4.48. The summed E-state index contributed by atoms with van der Waals surface area (Å²) in [4.78, 5) is 21.2. The highest BCUT2D eigenvalue weighted by atomic mass is 19.2. The maximum absolute atomic E-state index is 13.8. The molecule has 9 heteroatoms. The number of fused-ring (bicyclic) bond motifs is 1. The first-order valence-electron chi connectivity index (χ1n) is 10.2. The first-order valence-corrected chi connectivity index (χ1v) is 10.2. The summed E-state index contributed by atoms with van der Waals surface area (Å²) in [6.45, 7) is 4.69. The molecule has 2 N–H and O–H groups in total. The molecule has 7 nitrogen and oxygen atoms in total. The zero-order valence-corrected chi connectivity index (χ0v) is 17.6. The molecule has 2 aromatic heterocycles. The first kappa shape index (κ1) is 21.4. The van der Waals surface area contributed by atoms with Gasteiger partial charge in [-0.15, -0.1) is 0 Å². The monoisotopic (exact) mass is 436 g/mol. The summed E-state index contributed by atoms with van der Waals surface area (Å²) in [5, 5.41) is 10.4. The maximum atomic E-state index is 13.8. The molecule has 1 amide bonds. The Morgan fingerprint density at radius 3 is 2.81 bits per heavy atom. The lowest BCUT2D eigenvalue weighted by Gasteiger charge is -2.16. The van der Waals surface area contributed by atoms with E-state index in [9.17, 15) is 13.6 Å². The zero-order chi connectivity index (χ0) is 22.7. The van der Waals surface area contributed by atoms with Gasteiger partial charge in [0.15, 0.2) is 11.6 Å². The lowest BCUT2D eigenvalue weighted by Crippen LogP contribution is -2.16. The van der Waals surface area contributed by atoms with Crippen molar-refractivity contribution in [3.05, 3.63) is 77.6 Å². The van der Waals surface area contributed by atoms with Crippen LogP contribution < -0.4 is 10.6 Å². The van der Waals surface area contributed by atoms with Gasteiger partial charge >= 0.3 is 0 Å². The quantitative estimate of drug-likeness (QED) is 0.446. The maximum Gasteiger partial charge on any atom is 0.228 e. The average Bonchev–Trinajstić information content (AvgIpc) is 3.19. The van der Waals surface area contributed by atoms with Crippen molar-refractivity contribution in [3.8, 4) is 0 Å². The minimum absolute atomic E-state index is 0.00757. The molecule has 4 aromatic rings. The van der Waals surface area contributed by atoms with Crippen molar-refractivity contribution in [2.45, 2.75) is 32.9 Å². The van der Waals surface area contributed by atoms with Gasteiger partial charge in [0, 0.05) is 17.8 Å². The van der Waals surface area contributed by atoms with E-state index in [1.165, 1.54) is 12.1 Å². The average molecular weight is 436 g/mol. The van der Waals surface area contributed by atoms with E-state index in [-0.39, 0.29) is 18.0 Å². The number of nitrogens with one attached hydrogen (secondary N) is 2. The van der Waals surface area contributed by atoms with Gasteiger partial charge in [0.1, 0.15) is 11.3 Å². The third kappa shape index (κ3) is 4.72. The Morgan fingerprint density at radius 1 is 1.19 bits per heavy atom. The van der Waals surface area contributed by atoms with Crippen LogP contribution in [0.5, 0.6) is 0 Å². The Morgan fingerprint density at radius 2 is 2.00 bits per heavy atom. The number of carbonyl (C=O) groups is 1. The van der Waals surface area contributed by atoms with Crippen molar-refractivity contribution in [1.82, 2.24) is 19.7 Å². The minimum Gasteiger partial charge on any atom is -0.362 e. The lowest BCUT2D eigenvalue weighted by atomic mass is 10.1. The number of halogens is 2. The van der Waals surface area contributed by atoms with Gasteiger partial charge in [-0.2, -0.15) is 5.10 Å². The first-order chi connectivity index (χ1) is 15.4. The molecule has 164 valence electrons. The van der Waals surface area contributed by atoms with Crippen LogP contribution in [0.1, 0.15) is 31.0 Å². The Labute approximate surface area is 183 Å². The fourth-order valence-electron chi connectivity index (χ4n) is 3.33. The predicted molar refractivity (Wildman–Crippen MR) is 118 cm³/mol. The summed E-state index contributed by atoms with van der Waals surface area (Å²) in [5.41, 5.74) is 2.76. The van der Waals surface area contributed by atoms with Crippen molar-refractivity contribution >= 4 is 28.6 Å². The van der Waals surface area contributed by atoms with Crippen molar-refractivity contribution in [2.75, 3.05) is 10.6 Å². The number of hydrogen-bond acceptors (Lipinski definition) is 5. The Bertz CT molecular complexity index is 1270. The van der Waals surface area contributed by atoms with Gasteiger partial charge in [-0.1, -0.05) is 24.3 Å². The molecule has 0 saturated carbocycles. The summed E-state index contributed by atoms with van der Waals surface area (Å²) >= 11 is 0. The van der Waals surface area contributed by atoms with Gasteiger partial charge in [-0.25, -0.2) is 18.7 Å². The summed E-state index contributed by atoms with van der Waals surface area (Å²) in [6, 6.07) is 10.9. The minimum atomic E-state index is -1.00. The second-order valence-electron chi connectivity index (χ2n) is 7.38. The molecule has 1 atom stereocenters. The molecular weight excluding hydrogens is 414 g/mol. The second kappa shape index (κ2) is 9.09. The SMILES string of the molecule is CCn1cc2ncc(N[C@@H](C)c3cccc(NC(=O)Cc4cccc(F)c4F)c3)nc2n1. The number of aryl methyl sites for hydroxylation is 1. The molecule has 0 aliphatic heterocycles. The number of hydrogen-bond donors (Lipinski definition) is 2. The Balaban J connectivity index is 1.43. The van der Waals surface area contributed by atoms with Crippen LogP contribution in [-0.2, 0) is 17.8 Å². The van der Waals surface area contributed by atoms with Crippen molar-refractivity contribution < 1.29 is 13.6 Å². The number of benzene rings is 2. The van der Waals surface area contributed by atoms with Gasteiger partial charge in [0.05, 0.1) is 24.9 Å². The fraction of sp³-hybridized carbons (Fsp3) is 0.217. The van der Waals surface area contributed by atoms with E-state index in [2.05, 4.69) is 25.7 Å². The van der Waals surface area contributed by atoms with Crippen LogP contribution in [0.2, 0.25) is 0 Å². The van der Waals surface area contributed by atoms with Crippen molar-refractivity contribution in [3.63, 3.8) is 0 Å². The molecule has 0 aliphatic carbocycles. The molecule has 32 heavy (non-hydrogen) atoms. The fourth-order valence-corrected chi connectivity index (χ4v) is 3.33. The van der Waals surface area contributed by atoms with Crippen molar-refractivity contribution in [2.24, 2.45) is 0 Å². The summed E-state index contributed by atoms with van der Waals surface area (Å²) in [7, 11) is 0. The lowest BCUT2D eigenvalue weighted by molar-refractivity contribution is -0.115. The van der Waals surface area contributed by atoms with Gasteiger partial charge in [-0.3, -0.25) is 9.48 Å². The van der Waals surface area contributed by atoms with Gasteiger partial charge < -0.3 is 10.6 Å². The van der Waals surface area contributed by atoms with E-state index >= 15 is 0 Å². The number of nitrogens with zero attached hydrogens (tertiary/aromatic N) is 4. The number of anilines is 2. The van der Waals surface area contributed by atoms with E-state index in [0.29, 0.717) is 17.2 Å². The highest BCUT2D eigenvalue weighted by Crippen LogP contribution is 2.22. The Kier molecular flexibility index (Phi) is 6.07. The van der Waals surface area contributed by atoms with Gasteiger partial charge in [0.2, 0.25) is 11.6 Å². The number of carbonyl (C=O) groups excluding carboxylic acids is 1. The summed E-state index contributed by atoms with van der Waals surface area (Å²) < 4.78 is 28.9. The topological polar surface area (TPSA) is 84.7 Å². The summed E-state index contributed by atoms with van der Waals surface area (Å²) in [5.74, 6) is -1.83. The standard InChI is InChI=1S/C23H22F2N6O/c1-3-31-13-19-23(30-31)29-20(12-26-19)27-14(2)15-6-4-8-17(10-15)28-21(32)11-16-7-5-9-18(24)22(16)25/h4-10,12-14H,3,11H2,1-2H3,(H,28,32)(H,27,29,30)/t14-/m0/s1. The molecule has 4 rings (SSSR count). The second-order valence-corrected chi connectivity index (χ2v) is 7.38. The molecule has 0 saturated heterocycles. The molecule has 0 unspecified atom stereocenters. The van der Waals surface area contributed by atoms with Crippen LogP contribution in [-0.4, -0.2) is 25.7 Å². The van der Waals surface area contributed by atoms with Gasteiger partial charge in [0.25, 0.3) is 0 Å². The van der Waals surface area contributed by atoms with Crippen LogP contribution in [0.4, 0.5) is 20.3 Å². The van der Waals surface area contributed by atoms with Crippen LogP contribution >= 0.6 is 0 Å².